The molecule has 0 spiro atoms. The van der Waals surface area contributed by atoms with Gasteiger partial charge in [0.15, 0.2) is 9.84 Å². The molecule has 3 aliphatic rings. The fourth-order valence-electron chi connectivity index (χ4n) is 4.61. The zero-order chi connectivity index (χ0) is 27.7. The molecular weight excluding hydrogens is 525 g/mol. The molecule has 0 aliphatic heterocycles. The van der Waals surface area contributed by atoms with Gasteiger partial charge in [0.05, 0.1) is 40.2 Å². The zero-order valence-electron chi connectivity index (χ0n) is 20.7. The zero-order valence-corrected chi connectivity index (χ0v) is 21.6. The smallest absolute Gasteiger partial charge is 0.417 e. The van der Waals surface area contributed by atoms with Crippen molar-refractivity contribution in [3.63, 3.8) is 0 Å². The molecule has 9 nitrogen and oxygen atoms in total. The summed E-state index contributed by atoms with van der Waals surface area (Å²) in [5, 5.41) is 21.7. The first kappa shape index (κ1) is 27.9. The summed E-state index contributed by atoms with van der Waals surface area (Å²) in [7, 11) is -2.46. The van der Waals surface area contributed by atoms with Gasteiger partial charge in [0.25, 0.3) is 0 Å². The summed E-state index contributed by atoms with van der Waals surface area (Å²) in [6.45, 7) is 0. The second kappa shape index (κ2) is 10.6. The van der Waals surface area contributed by atoms with Crippen LogP contribution in [-0.2, 0) is 27.8 Å². The Balaban J connectivity index is 0.000000317. The van der Waals surface area contributed by atoms with Gasteiger partial charge < -0.3 is 15.2 Å². The number of nitriles is 1. The van der Waals surface area contributed by atoms with Gasteiger partial charge in [-0.05, 0) is 69.1 Å². The number of hydrogen-bond donors (Lipinski definition) is 2. The third kappa shape index (κ3) is 6.30. The molecule has 206 valence electrons. The number of halogens is 3. The molecule has 1 heterocycles. The van der Waals surface area contributed by atoms with Gasteiger partial charge in [-0.2, -0.15) is 23.5 Å². The molecule has 0 unspecified atom stereocenters. The topological polar surface area (TPSA) is 134 Å². The highest BCUT2D eigenvalue weighted by Gasteiger charge is 2.45. The average molecular weight is 555 g/mol. The van der Waals surface area contributed by atoms with Crippen LogP contribution in [0.25, 0.3) is 11.1 Å². The number of carboxylic acid groups (broad SMARTS) is 1. The van der Waals surface area contributed by atoms with Crippen LogP contribution in [0.3, 0.4) is 0 Å². The van der Waals surface area contributed by atoms with Gasteiger partial charge in [-0.15, -0.1) is 0 Å². The molecule has 5 rings (SSSR count). The molecule has 2 atom stereocenters. The number of carbonyl (C=O) groups is 1. The lowest BCUT2D eigenvalue weighted by Crippen LogP contribution is -2.33. The van der Waals surface area contributed by atoms with Crippen LogP contribution in [0.4, 0.5) is 18.0 Å². The number of nitrogens with zero attached hydrogens (tertiary/aromatic N) is 3. The van der Waals surface area contributed by atoms with Gasteiger partial charge in [-0.3, -0.25) is 4.68 Å². The van der Waals surface area contributed by atoms with Gasteiger partial charge in [-0.25, -0.2) is 13.2 Å². The summed E-state index contributed by atoms with van der Waals surface area (Å²) in [6.07, 6.45) is 2.61. The second-order valence-electron chi connectivity index (χ2n) is 10.0. The molecule has 13 heteroatoms. The van der Waals surface area contributed by atoms with Crippen LogP contribution in [0.2, 0.25) is 0 Å². The molecule has 2 N–H and O–H groups in total. The van der Waals surface area contributed by atoms with E-state index in [1.807, 2.05) is 6.07 Å². The Kier molecular flexibility index (Phi) is 7.76. The molecule has 1 aromatic carbocycles. The number of alkyl halides is 3. The van der Waals surface area contributed by atoms with Crippen molar-refractivity contribution in [2.75, 3.05) is 0 Å². The van der Waals surface area contributed by atoms with E-state index < -0.39 is 43.4 Å². The average Bonchev–Trinajstić information content (AvgIpc) is 3.20. The van der Waals surface area contributed by atoms with E-state index in [4.69, 9.17) is 15.1 Å². The Morgan fingerprint density at radius 1 is 1.21 bits per heavy atom. The Morgan fingerprint density at radius 2 is 1.92 bits per heavy atom. The Morgan fingerprint density at radius 3 is 2.39 bits per heavy atom. The number of hydrogen-bond acceptors (Lipinski definition) is 6. The molecule has 2 aromatic rings. The van der Waals surface area contributed by atoms with Crippen LogP contribution < -0.4 is 5.32 Å². The van der Waals surface area contributed by atoms with Crippen LogP contribution in [0.15, 0.2) is 35.5 Å². The summed E-state index contributed by atoms with van der Waals surface area (Å²) in [4.78, 5) is 9.31. The maximum Gasteiger partial charge on any atom is 0.417 e. The van der Waals surface area contributed by atoms with Crippen molar-refractivity contribution in [1.82, 2.24) is 15.1 Å². The predicted molar refractivity (Wildman–Crippen MR) is 130 cm³/mol. The fourth-order valence-corrected chi connectivity index (χ4v) is 6.62. The standard InChI is InChI=1S/C20H23F3N2O3S.C5H6N2O2/c1-25-12-14(11-24-25)13-5-8-19(18(9-13)20(21,22)23)29(26,27)17-7-6-16(10-17)28-15-3-2-4-15;6-3-5(1-2-5)7-4(8)9/h5,8-9,11-12,15-17H,2-4,6-7,10H2,1H3;7H,1-2H2,(H,8,9)/t16-,17-;/m1./s1. The maximum absolute atomic E-state index is 13.8. The number of sulfone groups is 1. The van der Waals surface area contributed by atoms with Crippen molar-refractivity contribution < 1.29 is 36.2 Å². The van der Waals surface area contributed by atoms with E-state index in [-0.39, 0.29) is 24.2 Å². The summed E-state index contributed by atoms with van der Waals surface area (Å²) >= 11 is 0. The number of nitrogens with one attached hydrogen (secondary N) is 1. The molecule has 3 aliphatic carbocycles. The van der Waals surface area contributed by atoms with Gasteiger partial charge in [-0.1, -0.05) is 6.07 Å². The van der Waals surface area contributed by atoms with Crippen molar-refractivity contribution in [2.45, 2.75) is 85.4 Å². The van der Waals surface area contributed by atoms with E-state index >= 15 is 0 Å². The minimum absolute atomic E-state index is 0.172. The summed E-state index contributed by atoms with van der Waals surface area (Å²) in [5.74, 6) is 0. The molecule has 38 heavy (non-hydrogen) atoms. The van der Waals surface area contributed by atoms with Crippen LogP contribution in [-0.4, -0.2) is 52.4 Å². The Hall–Kier alpha value is -3.11. The summed E-state index contributed by atoms with van der Waals surface area (Å²) < 4.78 is 74.8. The van der Waals surface area contributed by atoms with Crippen molar-refractivity contribution in [3.05, 3.63) is 36.2 Å². The lowest BCUT2D eigenvalue weighted by molar-refractivity contribution is -0.139. The number of rotatable bonds is 6. The number of benzene rings is 1. The number of aromatic nitrogens is 2. The quantitative estimate of drug-likeness (QED) is 0.529. The van der Waals surface area contributed by atoms with Gasteiger partial charge >= 0.3 is 12.3 Å². The van der Waals surface area contributed by atoms with Crippen molar-refractivity contribution in [1.29, 1.82) is 5.26 Å². The van der Waals surface area contributed by atoms with E-state index in [1.165, 1.54) is 16.9 Å². The molecule has 3 saturated carbocycles. The van der Waals surface area contributed by atoms with Crippen LogP contribution in [0.5, 0.6) is 0 Å². The number of amides is 1. The van der Waals surface area contributed by atoms with Crippen molar-refractivity contribution in [3.8, 4) is 17.2 Å². The largest absolute Gasteiger partial charge is 0.465 e. The highest BCUT2D eigenvalue weighted by Crippen LogP contribution is 2.41. The van der Waals surface area contributed by atoms with E-state index in [0.717, 1.165) is 31.4 Å². The molecule has 3 fully saturated rings. The van der Waals surface area contributed by atoms with Crippen LogP contribution in [0.1, 0.15) is 56.9 Å². The SMILES string of the molecule is Cn1cc(-c2ccc(S(=O)(=O)[C@@H]3CC[C@@H](OC4CCC4)C3)c(C(F)(F)F)c2)cn1.N#CC1(NC(=O)O)CC1. The highest BCUT2D eigenvalue weighted by molar-refractivity contribution is 7.92. The maximum atomic E-state index is 13.8. The molecule has 1 aromatic heterocycles. The first-order chi connectivity index (χ1) is 17.8. The lowest BCUT2D eigenvalue weighted by Gasteiger charge is -2.29. The van der Waals surface area contributed by atoms with E-state index in [9.17, 15) is 26.4 Å². The molecule has 0 saturated heterocycles. The fraction of sp³-hybridized carbons (Fsp3) is 0.560. The van der Waals surface area contributed by atoms with Gasteiger partial charge in [0.2, 0.25) is 0 Å². The first-order valence-corrected chi connectivity index (χ1v) is 13.9. The first-order valence-electron chi connectivity index (χ1n) is 12.3. The van der Waals surface area contributed by atoms with Gasteiger partial charge in [0.1, 0.15) is 5.54 Å². The number of ether oxygens (including phenoxy) is 1. The lowest BCUT2D eigenvalue weighted by atomic mass is 9.96. The molecular formula is C25H29F3N4O5S. The third-order valence-electron chi connectivity index (χ3n) is 7.15. The van der Waals surface area contributed by atoms with E-state index in [0.29, 0.717) is 31.2 Å². The minimum Gasteiger partial charge on any atom is -0.465 e. The molecule has 1 amide bonds. The van der Waals surface area contributed by atoms with E-state index in [2.05, 4.69) is 10.4 Å². The van der Waals surface area contributed by atoms with Crippen LogP contribution in [0, 0.1) is 11.3 Å². The summed E-state index contributed by atoms with van der Waals surface area (Å²) in [5.41, 5.74) is -1.08. The minimum atomic E-state index is -4.78. The van der Waals surface area contributed by atoms with E-state index in [1.54, 1.807) is 13.2 Å². The second-order valence-corrected chi connectivity index (χ2v) is 12.2. The highest BCUT2D eigenvalue weighted by atomic mass is 32.2. The monoisotopic (exact) mass is 554 g/mol. The Labute approximate surface area is 218 Å². The van der Waals surface area contributed by atoms with Crippen molar-refractivity contribution in [2.24, 2.45) is 7.05 Å². The third-order valence-corrected chi connectivity index (χ3v) is 9.43. The number of aryl methyl sites for hydroxylation is 1. The van der Waals surface area contributed by atoms with Gasteiger partial charge in [0, 0.05) is 18.8 Å². The normalized spacial score (nSPS) is 22.5. The predicted octanol–water partition coefficient (Wildman–Crippen LogP) is 4.68. The molecule has 0 radical (unpaired) electrons. The Bertz CT molecular complexity index is 1330. The van der Waals surface area contributed by atoms with Crippen LogP contribution >= 0.6 is 0 Å². The summed E-state index contributed by atoms with van der Waals surface area (Å²) in [6, 6.07) is 5.29. The van der Waals surface area contributed by atoms with Crippen molar-refractivity contribution >= 4 is 15.9 Å². The molecule has 0 bridgehead atoms.